The zero-order valence-electron chi connectivity index (χ0n) is 11.2. The summed E-state index contributed by atoms with van der Waals surface area (Å²) >= 11 is 7.62. The Morgan fingerprint density at radius 2 is 2.35 bits per heavy atom. The van der Waals surface area contributed by atoms with E-state index in [1.165, 1.54) is 4.68 Å². The predicted octanol–water partition coefficient (Wildman–Crippen LogP) is 1.92. The van der Waals surface area contributed by atoms with Crippen LogP contribution in [0.25, 0.3) is 0 Å². The summed E-state index contributed by atoms with van der Waals surface area (Å²) in [4.78, 5) is 17.3. The molecule has 0 bridgehead atoms. The van der Waals surface area contributed by atoms with Gasteiger partial charge in [-0.25, -0.2) is 9.67 Å². The molecule has 0 amide bonds. The van der Waals surface area contributed by atoms with E-state index >= 15 is 0 Å². The molecule has 0 unspecified atom stereocenters. The maximum atomic E-state index is 12.0. The van der Waals surface area contributed by atoms with Crippen LogP contribution in [0.15, 0.2) is 16.5 Å². The Kier molecular flexibility index (Phi) is 5.11. The van der Waals surface area contributed by atoms with Gasteiger partial charge in [0, 0.05) is 12.0 Å². The minimum Gasteiger partial charge on any atom is -0.383 e. The Morgan fingerprint density at radius 1 is 1.55 bits per heavy atom. The molecule has 1 N–H and O–H groups in total. The van der Waals surface area contributed by atoms with Crippen molar-refractivity contribution in [3.8, 4) is 0 Å². The van der Waals surface area contributed by atoms with E-state index in [1.54, 1.807) is 30.2 Å². The summed E-state index contributed by atoms with van der Waals surface area (Å²) in [5.41, 5.74) is 2.96. The van der Waals surface area contributed by atoms with Crippen molar-refractivity contribution < 1.29 is 4.74 Å². The van der Waals surface area contributed by atoms with Crippen LogP contribution in [0, 0.1) is 6.92 Å². The van der Waals surface area contributed by atoms with Gasteiger partial charge in [-0.15, -0.1) is 11.3 Å². The third kappa shape index (κ3) is 3.36. The summed E-state index contributed by atoms with van der Waals surface area (Å²) in [6.45, 7) is 3.30. The van der Waals surface area contributed by atoms with Crippen LogP contribution in [0.2, 0.25) is 5.02 Å². The minimum atomic E-state index is -0.324. The number of methoxy groups -OCH3 is 1. The van der Waals surface area contributed by atoms with Crippen molar-refractivity contribution in [2.45, 2.75) is 20.0 Å². The van der Waals surface area contributed by atoms with E-state index in [0.717, 1.165) is 10.6 Å². The molecule has 108 valence electrons. The summed E-state index contributed by atoms with van der Waals surface area (Å²) in [5, 5.41) is 7.31. The van der Waals surface area contributed by atoms with Gasteiger partial charge in [-0.3, -0.25) is 4.79 Å². The van der Waals surface area contributed by atoms with Gasteiger partial charge in [0.2, 0.25) is 0 Å². The number of aryl methyl sites for hydroxylation is 1. The summed E-state index contributed by atoms with van der Waals surface area (Å²) < 4.78 is 6.20. The summed E-state index contributed by atoms with van der Waals surface area (Å²) in [5.74, 6) is 0. The molecule has 0 aliphatic rings. The van der Waals surface area contributed by atoms with E-state index in [-0.39, 0.29) is 10.6 Å². The molecule has 0 spiro atoms. The lowest BCUT2D eigenvalue weighted by molar-refractivity contribution is 0.182. The number of halogens is 1. The van der Waals surface area contributed by atoms with Crippen molar-refractivity contribution in [1.29, 1.82) is 0 Å². The molecule has 0 aliphatic carbocycles. The van der Waals surface area contributed by atoms with Crippen LogP contribution in [0.3, 0.4) is 0 Å². The molecule has 0 saturated carbocycles. The van der Waals surface area contributed by atoms with Gasteiger partial charge in [-0.2, -0.15) is 5.10 Å². The van der Waals surface area contributed by atoms with E-state index in [9.17, 15) is 4.79 Å². The predicted molar refractivity (Wildman–Crippen MR) is 79.6 cm³/mol. The number of hydrogen-bond acceptors (Lipinski definition) is 6. The van der Waals surface area contributed by atoms with Crippen molar-refractivity contribution in [3.63, 3.8) is 0 Å². The molecular weight excluding hydrogens is 300 g/mol. The molecule has 2 heterocycles. The zero-order valence-corrected chi connectivity index (χ0v) is 12.8. The average Bonchev–Trinajstić information content (AvgIpc) is 2.85. The van der Waals surface area contributed by atoms with Gasteiger partial charge >= 0.3 is 0 Å². The van der Waals surface area contributed by atoms with Crippen LogP contribution >= 0.6 is 22.9 Å². The lowest BCUT2D eigenvalue weighted by atomic mass is 10.3. The van der Waals surface area contributed by atoms with Crippen molar-refractivity contribution in [2.75, 3.05) is 19.0 Å². The van der Waals surface area contributed by atoms with Gasteiger partial charge in [-0.1, -0.05) is 11.6 Å². The lowest BCUT2D eigenvalue weighted by Crippen LogP contribution is -2.26. The first-order valence-corrected chi connectivity index (χ1v) is 7.26. The first kappa shape index (κ1) is 15.0. The van der Waals surface area contributed by atoms with Crippen LogP contribution in [0.1, 0.15) is 10.6 Å². The number of anilines is 1. The smallest absolute Gasteiger partial charge is 0.287 e. The molecule has 2 aromatic rings. The van der Waals surface area contributed by atoms with Crippen molar-refractivity contribution in [3.05, 3.63) is 37.7 Å². The van der Waals surface area contributed by atoms with Gasteiger partial charge < -0.3 is 10.1 Å². The normalized spacial score (nSPS) is 10.8. The van der Waals surface area contributed by atoms with Crippen molar-refractivity contribution in [1.82, 2.24) is 14.8 Å². The highest BCUT2D eigenvalue weighted by Gasteiger charge is 2.10. The number of thiazole rings is 1. The number of ether oxygens (including phenoxy) is 1. The Bertz CT molecular complexity index is 641. The number of nitrogens with zero attached hydrogens (tertiary/aromatic N) is 3. The summed E-state index contributed by atoms with van der Waals surface area (Å²) in [7, 11) is 1.57. The fraction of sp³-hybridized carbons (Fsp3) is 0.417. The van der Waals surface area contributed by atoms with E-state index in [0.29, 0.717) is 25.4 Å². The van der Waals surface area contributed by atoms with Gasteiger partial charge in [0.25, 0.3) is 5.56 Å². The van der Waals surface area contributed by atoms with Crippen LogP contribution in [0.5, 0.6) is 0 Å². The van der Waals surface area contributed by atoms with E-state index < -0.39 is 0 Å². The van der Waals surface area contributed by atoms with Crippen molar-refractivity contribution >= 4 is 28.6 Å². The number of nitrogens with one attached hydrogen (secondary N) is 1. The third-order valence-electron chi connectivity index (χ3n) is 2.78. The highest BCUT2D eigenvalue weighted by atomic mass is 35.5. The van der Waals surface area contributed by atoms with Crippen LogP contribution < -0.4 is 10.9 Å². The lowest BCUT2D eigenvalue weighted by Gasteiger charge is -2.09. The molecule has 2 rings (SSSR count). The molecule has 0 atom stereocenters. The van der Waals surface area contributed by atoms with Crippen LogP contribution in [-0.2, 0) is 17.8 Å². The molecule has 0 aliphatic heterocycles. The first-order chi connectivity index (χ1) is 9.63. The van der Waals surface area contributed by atoms with Gasteiger partial charge in [0.1, 0.15) is 5.02 Å². The molecule has 0 fully saturated rings. The molecular formula is C12H15ClN4O2S. The highest BCUT2D eigenvalue weighted by Crippen LogP contribution is 2.19. The average molecular weight is 315 g/mol. The van der Waals surface area contributed by atoms with Gasteiger partial charge in [0.05, 0.1) is 42.8 Å². The summed E-state index contributed by atoms with van der Waals surface area (Å²) in [6.07, 6.45) is 1.55. The molecule has 0 radical (unpaired) electrons. The summed E-state index contributed by atoms with van der Waals surface area (Å²) in [6, 6.07) is 0. The second-order valence-corrected chi connectivity index (χ2v) is 5.43. The number of hydrogen-bond donors (Lipinski definition) is 1. The minimum absolute atomic E-state index is 0.137. The van der Waals surface area contributed by atoms with E-state index in [2.05, 4.69) is 15.4 Å². The van der Waals surface area contributed by atoms with E-state index in [1.807, 2.05) is 6.92 Å². The highest BCUT2D eigenvalue weighted by molar-refractivity contribution is 7.09. The largest absolute Gasteiger partial charge is 0.383 e. The van der Waals surface area contributed by atoms with E-state index in [4.69, 9.17) is 16.3 Å². The SMILES string of the molecule is COCCn1ncc(NCc2scnc2C)c(Cl)c1=O. The fourth-order valence-electron chi connectivity index (χ4n) is 1.60. The molecule has 0 saturated heterocycles. The molecule has 2 aromatic heterocycles. The maximum absolute atomic E-state index is 12.0. The topological polar surface area (TPSA) is 69.0 Å². The Hall–Kier alpha value is -1.44. The van der Waals surface area contributed by atoms with Crippen molar-refractivity contribution in [2.24, 2.45) is 0 Å². The Balaban J connectivity index is 2.11. The second-order valence-electron chi connectivity index (χ2n) is 4.11. The second kappa shape index (κ2) is 6.83. The molecule has 8 heteroatoms. The Morgan fingerprint density at radius 3 is 3.00 bits per heavy atom. The fourth-order valence-corrected chi connectivity index (χ4v) is 2.53. The van der Waals surface area contributed by atoms with Gasteiger partial charge in [0.15, 0.2) is 0 Å². The standard InChI is InChI=1S/C12H15ClN4O2S/c1-8-10(20-7-15-8)6-14-9-5-16-17(3-4-19-2)12(18)11(9)13/h5,7,14H,3-4,6H2,1-2H3. The molecule has 20 heavy (non-hydrogen) atoms. The maximum Gasteiger partial charge on any atom is 0.287 e. The monoisotopic (exact) mass is 314 g/mol. The van der Waals surface area contributed by atoms with Crippen LogP contribution in [0.4, 0.5) is 5.69 Å². The number of aromatic nitrogens is 3. The molecule has 6 nitrogen and oxygen atoms in total. The quantitative estimate of drug-likeness (QED) is 0.882. The van der Waals surface area contributed by atoms with Gasteiger partial charge in [-0.05, 0) is 6.92 Å². The Labute approximate surface area is 125 Å². The van der Waals surface area contributed by atoms with Crippen LogP contribution in [-0.4, -0.2) is 28.5 Å². The third-order valence-corrected chi connectivity index (χ3v) is 4.08. The first-order valence-electron chi connectivity index (χ1n) is 6.01. The zero-order chi connectivity index (χ0) is 14.5. The molecule has 0 aromatic carbocycles. The number of rotatable bonds is 6.